The first kappa shape index (κ1) is 18.2. The number of likely N-dealkylation sites (tertiary alicyclic amines) is 1. The van der Waals surface area contributed by atoms with Crippen LogP contribution in [0.2, 0.25) is 0 Å². The first-order valence-corrected chi connectivity index (χ1v) is 10.8. The largest absolute Gasteiger partial charge is 0.440 e. The van der Waals surface area contributed by atoms with Crippen molar-refractivity contribution in [3.63, 3.8) is 0 Å². The fraction of sp³-hybridized carbons (Fsp3) is 0.455. The number of piperidine rings is 1. The van der Waals surface area contributed by atoms with Crippen LogP contribution in [0.1, 0.15) is 65.0 Å². The number of aryl methyl sites for hydroxylation is 2. The van der Waals surface area contributed by atoms with Crippen molar-refractivity contribution in [3.8, 4) is 0 Å². The number of oxazole rings is 1. The number of hydrogen-bond acceptors (Lipinski definition) is 4. The lowest BCUT2D eigenvalue weighted by molar-refractivity contribution is 0.0711. The number of nitrogens with zero attached hydrogens (tertiary/aromatic N) is 2. The third kappa shape index (κ3) is 3.65. The molecule has 1 fully saturated rings. The second-order valence-electron chi connectivity index (χ2n) is 7.25. The van der Waals surface area contributed by atoms with Gasteiger partial charge in [-0.15, -0.1) is 11.3 Å². The molecule has 0 saturated carbocycles. The van der Waals surface area contributed by atoms with E-state index >= 15 is 0 Å². The standard InChI is InChI=1S/C22H26N2O2S/c1-3-7-19-15(4-2)14-20(27-19)22(25)24-12-10-16(11-13-24)21-23-17-8-5-6-9-18(17)26-21/h5-6,8-9,14,16H,3-4,7,10-13H2,1-2H3. The van der Waals surface area contributed by atoms with Gasteiger partial charge in [-0.05, 0) is 49.4 Å². The van der Waals surface area contributed by atoms with Gasteiger partial charge in [0.2, 0.25) is 0 Å². The number of para-hydroxylation sites is 2. The van der Waals surface area contributed by atoms with E-state index in [9.17, 15) is 4.79 Å². The second kappa shape index (κ2) is 7.85. The average Bonchev–Trinajstić information content (AvgIpc) is 3.32. The Labute approximate surface area is 164 Å². The molecule has 1 aliphatic rings. The monoisotopic (exact) mass is 382 g/mol. The fourth-order valence-electron chi connectivity index (χ4n) is 3.86. The lowest BCUT2D eigenvalue weighted by atomic mass is 9.96. The molecule has 0 bridgehead atoms. The summed E-state index contributed by atoms with van der Waals surface area (Å²) in [5.41, 5.74) is 3.10. The van der Waals surface area contributed by atoms with Crippen LogP contribution in [0, 0.1) is 0 Å². The highest BCUT2D eigenvalue weighted by molar-refractivity contribution is 7.14. The van der Waals surface area contributed by atoms with Crippen molar-refractivity contribution < 1.29 is 9.21 Å². The molecule has 3 aromatic rings. The molecule has 3 heterocycles. The number of carbonyl (C=O) groups excluding carboxylic acids is 1. The van der Waals surface area contributed by atoms with Crippen LogP contribution in [0.3, 0.4) is 0 Å². The zero-order chi connectivity index (χ0) is 18.8. The maximum Gasteiger partial charge on any atom is 0.263 e. The molecule has 1 saturated heterocycles. The van der Waals surface area contributed by atoms with Crippen LogP contribution in [0.5, 0.6) is 0 Å². The van der Waals surface area contributed by atoms with Crippen molar-refractivity contribution in [2.45, 2.75) is 51.9 Å². The SMILES string of the molecule is CCCc1sc(C(=O)N2CCC(c3nc4ccccc4o3)CC2)cc1CC. The molecule has 1 aromatic carbocycles. The Morgan fingerprint density at radius 1 is 1.26 bits per heavy atom. The van der Waals surface area contributed by atoms with Crippen LogP contribution in [-0.2, 0) is 12.8 Å². The first-order chi connectivity index (χ1) is 13.2. The van der Waals surface area contributed by atoms with Crippen LogP contribution in [0.25, 0.3) is 11.1 Å². The highest BCUT2D eigenvalue weighted by atomic mass is 32.1. The fourth-order valence-corrected chi connectivity index (χ4v) is 5.18. The van der Waals surface area contributed by atoms with Crippen molar-refractivity contribution in [1.29, 1.82) is 0 Å². The topological polar surface area (TPSA) is 46.3 Å². The zero-order valence-corrected chi connectivity index (χ0v) is 16.8. The molecule has 2 aromatic heterocycles. The Morgan fingerprint density at radius 2 is 2.04 bits per heavy atom. The molecule has 1 aliphatic heterocycles. The Balaban J connectivity index is 1.43. The van der Waals surface area contributed by atoms with Gasteiger partial charge in [0.15, 0.2) is 11.5 Å². The number of carbonyl (C=O) groups is 1. The van der Waals surface area contributed by atoms with Gasteiger partial charge in [0.25, 0.3) is 5.91 Å². The van der Waals surface area contributed by atoms with Crippen LogP contribution >= 0.6 is 11.3 Å². The van der Waals surface area contributed by atoms with Crippen LogP contribution in [0.4, 0.5) is 0 Å². The Bertz CT molecular complexity index is 902. The summed E-state index contributed by atoms with van der Waals surface area (Å²) < 4.78 is 5.94. The second-order valence-corrected chi connectivity index (χ2v) is 8.39. The third-order valence-corrected chi connectivity index (χ3v) is 6.63. The number of thiophene rings is 1. The van der Waals surface area contributed by atoms with E-state index in [4.69, 9.17) is 4.42 Å². The van der Waals surface area contributed by atoms with Crippen molar-refractivity contribution in [3.05, 3.63) is 51.5 Å². The van der Waals surface area contributed by atoms with Crippen LogP contribution in [0.15, 0.2) is 34.7 Å². The van der Waals surface area contributed by atoms with E-state index in [1.807, 2.05) is 29.2 Å². The molecule has 0 unspecified atom stereocenters. The van der Waals surface area contributed by atoms with E-state index in [1.165, 1.54) is 10.4 Å². The molecular weight excluding hydrogens is 356 g/mol. The summed E-state index contributed by atoms with van der Waals surface area (Å²) >= 11 is 1.69. The summed E-state index contributed by atoms with van der Waals surface area (Å²) in [5, 5.41) is 0. The van der Waals surface area contributed by atoms with Gasteiger partial charge in [-0.25, -0.2) is 4.98 Å². The van der Waals surface area contributed by atoms with Gasteiger partial charge in [-0.3, -0.25) is 4.79 Å². The van der Waals surface area contributed by atoms with E-state index in [1.54, 1.807) is 11.3 Å². The number of fused-ring (bicyclic) bond motifs is 1. The highest BCUT2D eigenvalue weighted by Crippen LogP contribution is 2.32. The Kier molecular flexibility index (Phi) is 5.30. The summed E-state index contributed by atoms with van der Waals surface area (Å²) in [6, 6.07) is 10.0. The number of hydrogen-bond donors (Lipinski definition) is 0. The van der Waals surface area contributed by atoms with Gasteiger partial charge < -0.3 is 9.32 Å². The number of amides is 1. The number of benzene rings is 1. The van der Waals surface area contributed by atoms with Gasteiger partial charge in [-0.2, -0.15) is 0 Å². The molecular formula is C22H26N2O2S. The van der Waals surface area contributed by atoms with Crippen molar-refractivity contribution in [2.75, 3.05) is 13.1 Å². The van der Waals surface area contributed by atoms with Crippen molar-refractivity contribution >= 4 is 28.3 Å². The molecule has 4 nitrogen and oxygen atoms in total. The quantitative estimate of drug-likeness (QED) is 0.591. The molecule has 4 rings (SSSR count). The predicted molar refractivity (Wildman–Crippen MR) is 110 cm³/mol. The smallest absolute Gasteiger partial charge is 0.263 e. The minimum Gasteiger partial charge on any atom is -0.440 e. The molecule has 0 N–H and O–H groups in total. The molecule has 0 atom stereocenters. The maximum absolute atomic E-state index is 13.0. The normalized spacial score (nSPS) is 15.6. The summed E-state index contributed by atoms with van der Waals surface area (Å²) in [7, 11) is 0. The number of rotatable bonds is 5. The molecule has 142 valence electrons. The lowest BCUT2D eigenvalue weighted by Gasteiger charge is -2.30. The van der Waals surface area contributed by atoms with E-state index in [0.29, 0.717) is 5.92 Å². The van der Waals surface area contributed by atoms with E-state index in [-0.39, 0.29) is 5.91 Å². The maximum atomic E-state index is 13.0. The molecule has 0 aliphatic carbocycles. The summed E-state index contributed by atoms with van der Waals surface area (Å²) in [6.07, 6.45) is 5.01. The highest BCUT2D eigenvalue weighted by Gasteiger charge is 2.28. The molecule has 5 heteroatoms. The summed E-state index contributed by atoms with van der Waals surface area (Å²) in [5.74, 6) is 1.30. The van der Waals surface area contributed by atoms with Gasteiger partial charge in [0, 0.05) is 23.9 Å². The zero-order valence-electron chi connectivity index (χ0n) is 16.0. The third-order valence-electron chi connectivity index (χ3n) is 5.41. The minimum atomic E-state index is 0.188. The Hall–Kier alpha value is -2.14. The minimum absolute atomic E-state index is 0.188. The number of aromatic nitrogens is 1. The average molecular weight is 383 g/mol. The molecule has 0 radical (unpaired) electrons. The molecule has 0 spiro atoms. The summed E-state index contributed by atoms with van der Waals surface area (Å²) in [4.78, 5) is 21.9. The molecule has 1 amide bonds. The van der Waals surface area contributed by atoms with Gasteiger partial charge in [0.1, 0.15) is 5.52 Å². The van der Waals surface area contributed by atoms with E-state index in [0.717, 1.165) is 67.1 Å². The molecule has 27 heavy (non-hydrogen) atoms. The lowest BCUT2D eigenvalue weighted by Crippen LogP contribution is -2.37. The van der Waals surface area contributed by atoms with Gasteiger partial charge in [0.05, 0.1) is 4.88 Å². The predicted octanol–water partition coefficient (Wildman–Crippen LogP) is 5.42. The van der Waals surface area contributed by atoms with Gasteiger partial charge in [-0.1, -0.05) is 32.4 Å². The van der Waals surface area contributed by atoms with Crippen LogP contribution < -0.4 is 0 Å². The van der Waals surface area contributed by atoms with Crippen LogP contribution in [-0.4, -0.2) is 28.9 Å². The van der Waals surface area contributed by atoms with E-state index in [2.05, 4.69) is 24.9 Å². The Morgan fingerprint density at radius 3 is 2.74 bits per heavy atom. The van der Waals surface area contributed by atoms with Gasteiger partial charge >= 0.3 is 0 Å². The summed E-state index contributed by atoms with van der Waals surface area (Å²) in [6.45, 7) is 5.90. The van der Waals surface area contributed by atoms with Crippen molar-refractivity contribution in [1.82, 2.24) is 9.88 Å². The first-order valence-electron chi connectivity index (χ1n) is 9.96. The van der Waals surface area contributed by atoms with Crippen molar-refractivity contribution in [2.24, 2.45) is 0 Å². The van der Waals surface area contributed by atoms with E-state index < -0.39 is 0 Å².